The van der Waals surface area contributed by atoms with Crippen LogP contribution in [0.2, 0.25) is 0 Å². The fourth-order valence-corrected chi connectivity index (χ4v) is 2.60. The minimum atomic E-state index is -0.175. The molecule has 5 heteroatoms. The molecule has 0 bridgehead atoms. The van der Waals surface area contributed by atoms with Gasteiger partial charge in [0.15, 0.2) is 11.5 Å². The lowest BCUT2D eigenvalue weighted by Crippen LogP contribution is -2.17. The van der Waals surface area contributed by atoms with Gasteiger partial charge >= 0.3 is 0 Å². The van der Waals surface area contributed by atoms with Crippen molar-refractivity contribution >= 4 is 21.8 Å². The number of ether oxygens (including phenoxy) is 3. The molecule has 1 aliphatic heterocycles. The Hall–Kier alpha value is -1.23. The monoisotopic (exact) mass is 327 g/mol. The molecule has 19 heavy (non-hydrogen) atoms. The molecule has 0 spiro atoms. The highest BCUT2D eigenvalue weighted by Crippen LogP contribution is 2.36. The Morgan fingerprint density at radius 3 is 2.53 bits per heavy atom. The van der Waals surface area contributed by atoms with Crippen LogP contribution in [-0.2, 0) is 10.1 Å². The highest BCUT2D eigenvalue weighted by Gasteiger charge is 2.29. The van der Waals surface area contributed by atoms with Crippen molar-refractivity contribution in [1.29, 1.82) is 0 Å². The maximum Gasteiger partial charge on any atom is 0.217 e. The number of methoxy groups -OCH3 is 2. The Balaban J connectivity index is 2.53. The van der Waals surface area contributed by atoms with Crippen LogP contribution < -0.4 is 9.47 Å². The third-order valence-electron chi connectivity index (χ3n) is 2.98. The zero-order valence-electron chi connectivity index (χ0n) is 11.6. The van der Waals surface area contributed by atoms with Crippen LogP contribution in [0.1, 0.15) is 25.0 Å². The van der Waals surface area contributed by atoms with Crippen LogP contribution in [0, 0.1) is 0 Å². The SMILES string of the molecule is COc1ccc(C2=NC(C)(C)CO2)c(CBr)c1OC. The summed E-state index contributed by atoms with van der Waals surface area (Å²) in [5.41, 5.74) is 1.75. The molecule has 0 atom stereocenters. The first kappa shape index (κ1) is 14.2. The van der Waals surface area contributed by atoms with Gasteiger partial charge in [0.2, 0.25) is 5.90 Å². The Morgan fingerprint density at radius 2 is 2.05 bits per heavy atom. The number of nitrogens with zero attached hydrogens (tertiary/aromatic N) is 1. The average molecular weight is 328 g/mol. The van der Waals surface area contributed by atoms with Gasteiger partial charge in [-0.3, -0.25) is 0 Å². The largest absolute Gasteiger partial charge is 0.493 e. The van der Waals surface area contributed by atoms with Gasteiger partial charge < -0.3 is 14.2 Å². The summed E-state index contributed by atoms with van der Waals surface area (Å²) in [6.07, 6.45) is 0. The first-order valence-electron chi connectivity index (χ1n) is 6.05. The van der Waals surface area contributed by atoms with Crippen molar-refractivity contribution in [1.82, 2.24) is 0 Å². The fourth-order valence-electron chi connectivity index (χ4n) is 2.05. The number of aliphatic imine (C=N–C) groups is 1. The number of hydrogen-bond donors (Lipinski definition) is 0. The zero-order chi connectivity index (χ0) is 14.0. The van der Waals surface area contributed by atoms with Crippen molar-refractivity contribution in [2.45, 2.75) is 24.7 Å². The molecule has 0 saturated heterocycles. The molecule has 0 fully saturated rings. The molecule has 1 aliphatic rings. The number of benzene rings is 1. The quantitative estimate of drug-likeness (QED) is 0.797. The van der Waals surface area contributed by atoms with Gasteiger partial charge in [-0.15, -0.1) is 0 Å². The zero-order valence-corrected chi connectivity index (χ0v) is 13.2. The summed E-state index contributed by atoms with van der Waals surface area (Å²) in [5, 5.41) is 0.644. The van der Waals surface area contributed by atoms with Crippen molar-refractivity contribution in [3.05, 3.63) is 23.3 Å². The number of alkyl halides is 1. The third-order valence-corrected chi connectivity index (χ3v) is 3.54. The van der Waals surface area contributed by atoms with Gasteiger partial charge in [-0.25, -0.2) is 4.99 Å². The summed E-state index contributed by atoms with van der Waals surface area (Å²) in [4.78, 5) is 4.61. The molecular formula is C14H18BrNO3. The van der Waals surface area contributed by atoms with Crippen LogP contribution >= 0.6 is 15.9 Å². The molecule has 104 valence electrons. The van der Waals surface area contributed by atoms with Crippen LogP contribution in [0.25, 0.3) is 0 Å². The van der Waals surface area contributed by atoms with E-state index in [1.165, 1.54) is 0 Å². The Morgan fingerprint density at radius 1 is 1.32 bits per heavy atom. The predicted molar refractivity (Wildman–Crippen MR) is 78.7 cm³/mol. The molecule has 4 nitrogen and oxygen atoms in total. The van der Waals surface area contributed by atoms with Crippen molar-refractivity contribution in [3.8, 4) is 11.5 Å². The van der Waals surface area contributed by atoms with E-state index in [1.807, 2.05) is 12.1 Å². The topological polar surface area (TPSA) is 40.0 Å². The van der Waals surface area contributed by atoms with E-state index in [-0.39, 0.29) is 5.54 Å². The second kappa shape index (κ2) is 5.41. The second-order valence-corrected chi connectivity index (χ2v) is 5.54. The molecule has 0 aromatic heterocycles. The minimum absolute atomic E-state index is 0.175. The normalized spacial score (nSPS) is 16.8. The molecule has 0 unspecified atom stereocenters. The van der Waals surface area contributed by atoms with Crippen molar-refractivity contribution in [3.63, 3.8) is 0 Å². The smallest absolute Gasteiger partial charge is 0.217 e. The molecule has 1 heterocycles. The maximum absolute atomic E-state index is 5.70. The van der Waals surface area contributed by atoms with Crippen LogP contribution in [0.3, 0.4) is 0 Å². The number of halogens is 1. The van der Waals surface area contributed by atoms with Gasteiger partial charge in [0.25, 0.3) is 0 Å². The van der Waals surface area contributed by atoms with Gasteiger partial charge in [-0.1, -0.05) is 15.9 Å². The molecule has 0 saturated carbocycles. The fraction of sp³-hybridized carbons (Fsp3) is 0.500. The summed E-state index contributed by atoms with van der Waals surface area (Å²) >= 11 is 3.49. The Bertz CT molecular complexity index is 512. The minimum Gasteiger partial charge on any atom is -0.493 e. The highest BCUT2D eigenvalue weighted by atomic mass is 79.9. The average Bonchev–Trinajstić information content (AvgIpc) is 2.76. The maximum atomic E-state index is 5.70. The van der Waals surface area contributed by atoms with E-state index in [9.17, 15) is 0 Å². The van der Waals surface area contributed by atoms with E-state index >= 15 is 0 Å². The van der Waals surface area contributed by atoms with Gasteiger partial charge in [0.1, 0.15) is 6.61 Å². The molecule has 2 rings (SSSR count). The summed E-state index contributed by atoms with van der Waals surface area (Å²) in [5.74, 6) is 2.09. The number of hydrogen-bond acceptors (Lipinski definition) is 4. The van der Waals surface area contributed by atoms with E-state index in [0.29, 0.717) is 29.3 Å². The lowest BCUT2D eigenvalue weighted by molar-refractivity contribution is 0.279. The van der Waals surface area contributed by atoms with Gasteiger partial charge in [0, 0.05) is 16.5 Å². The predicted octanol–water partition coefficient (Wildman–Crippen LogP) is 3.15. The van der Waals surface area contributed by atoms with Crippen molar-refractivity contribution in [2.75, 3.05) is 20.8 Å². The van der Waals surface area contributed by atoms with Gasteiger partial charge in [0.05, 0.1) is 19.8 Å². The van der Waals surface area contributed by atoms with Gasteiger partial charge in [-0.2, -0.15) is 0 Å². The molecule has 0 radical (unpaired) electrons. The summed E-state index contributed by atoms with van der Waals surface area (Å²) < 4.78 is 16.5. The molecule has 0 aliphatic carbocycles. The van der Waals surface area contributed by atoms with Crippen LogP contribution in [-0.4, -0.2) is 32.3 Å². The molecule has 0 N–H and O–H groups in total. The summed E-state index contributed by atoms with van der Waals surface area (Å²) in [7, 11) is 3.26. The van der Waals surface area contributed by atoms with Crippen LogP contribution in [0.15, 0.2) is 17.1 Å². The second-order valence-electron chi connectivity index (χ2n) is 4.98. The van der Waals surface area contributed by atoms with Crippen LogP contribution in [0.4, 0.5) is 0 Å². The van der Waals surface area contributed by atoms with E-state index in [2.05, 4.69) is 34.8 Å². The summed E-state index contributed by atoms with van der Waals surface area (Å²) in [6.45, 7) is 4.70. The van der Waals surface area contributed by atoms with Crippen molar-refractivity contribution in [2.24, 2.45) is 4.99 Å². The van der Waals surface area contributed by atoms with Crippen LogP contribution in [0.5, 0.6) is 11.5 Å². The first-order valence-corrected chi connectivity index (χ1v) is 7.17. The molecule has 1 aromatic rings. The van der Waals surface area contributed by atoms with E-state index < -0.39 is 0 Å². The van der Waals surface area contributed by atoms with Gasteiger partial charge in [-0.05, 0) is 26.0 Å². The lowest BCUT2D eigenvalue weighted by Gasteiger charge is -2.15. The van der Waals surface area contributed by atoms with E-state index in [0.717, 1.165) is 11.1 Å². The lowest BCUT2D eigenvalue weighted by atomic mass is 10.1. The summed E-state index contributed by atoms with van der Waals surface area (Å²) in [6, 6.07) is 3.83. The Kier molecular flexibility index (Phi) is 4.04. The molecular weight excluding hydrogens is 310 g/mol. The molecule has 0 amide bonds. The third kappa shape index (κ3) is 2.71. The first-order chi connectivity index (χ1) is 9.02. The standard InChI is InChI=1S/C14H18BrNO3/c1-14(2)8-19-13(16-14)9-5-6-11(17-3)12(18-4)10(9)7-15/h5-6H,7-8H2,1-4H3. The highest BCUT2D eigenvalue weighted by molar-refractivity contribution is 9.08. The number of rotatable bonds is 4. The van der Waals surface area contributed by atoms with E-state index in [4.69, 9.17) is 14.2 Å². The van der Waals surface area contributed by atoms with E-state index in [1.54, 1.807) is 14.2 Å². The molecule has 1 aromatic carbocycles. The Labute approximate surface area is 121 Å². The van der Waals surface area contributed by atoms with Crippen molar-refractivity contribution < 1.29 is 14.2 Å².